The van der Waals surface area contributed by atoms with E-state index in [-0.39, 0.29) is 23.9 Å². The van der Waals surface area contributed by atoms with Crippen molar-refractivity contribution in [3.63, 3.8) is 0 Å². The highest BCUT2D eigenvalue weighted by molar-refractivity contribution is 5.89. The van der Waals surface area contributed by atoms with Gasteiger partial charge in [0, 0.05) is 42.2 Å². The van der Waals surface area contributed by atoms with Gasteiger partial charge in [0.15, 0.2) is 0 Å². The van der Waals surface area contributed by atoms with E-state index >= 15 is 0 Å². The van der Waals surface area contributed by atoms with Crippen LogP contribution in [0.2, 0.25) is 0 Å². The van der Waals surface area contributed by atoms with Gasteiger partial charge in [0.05, 0.1) is 20.3 Å². The Bertz CT molecular complexity index is 1120. The molecule has 34 heavy (non-hydrogen) atoms. The molecule has 2 aliphatic rings. The van der Waals surface area contributed by atoms with Gasteiger partial charge in [-0.1, -0.05) is 32.1 Å². The Balaban J connectivity index is 1.80. The van der Waals surface area contributed by atoms with Crippen LogP contribution in [-0.2, 0) is 20.9 Å². The second-order valence-corrected chi connectivity index (χ2v) is 9.44. The number of carbonyl (C=O) groups is 2. The van der Waals surface area contributed by atoms with E-state index in [0.717, 1.165) is 33.7 Å². The van der Waals surface area contributed by atoms with E-state index in [0.29, 0.717) is 25.4 Å². The van der Waals surface area contributed by atoms with E-state index in [9.17, 15) is 9.59 Å². The van der Waals surface area contributed by atoms with Gasteiger partial charge >= 0.3 is 5.97 Å². The topological polar surface area (TPSA) is 77.1 Å². The zero-order chi connectivity index (χ0) is 24.5. The first-order valence-corrected chi connectivity index (χ1v) is 11.6. The van der Waals surface area contributed by atoms with Crippen molar-refractivity contribution in [3.8, 4) is 11.5 Å². The van der Waals surface area contributed by atoms with Gasteiger partial charge in [0.25, 0.3) is 0 Å². The zero-order valence-corrected chi connectivity index (χ0v) is 20.4. The summed E-state index contributed by atoms with van der Waals surface area (Å²) in [6.07, 6.45) is 2.25. The fourth-order valence-corrected chi connectivity index (χ4v) is 4.71. The molecule has 0 fully saturated rings. The smallest absolute Gasteiger partial charge is 0.328 e. The van der Waals surface area contributed by atoms with E-state index in [1.807, 2.05) is 43.3 Å². The molecule has 0 aliphatic carbocycles. The van der Waals surface area contributed by atoms with Gasteiger partial charge in [0.2, 0.25) is 5.91 Å². The minimum atomic E-state index is -0.637. The molecule has 2 aromatic rings. The van der Waals surface area contributed by atoms with Crippen molar-refractivity contribution in [3.05, 3.63) is 59.2 Å². The zero-order valence-electron chi connectivity index (χ0n) is 20.4. The van der Waals surface area contributed by atoms with Crippen molar-refractivity contribution in [1.29, 1.82) is 0 Å². The Morgan fingerprint density at radius 2 is 1.91 bits per heavy atom. The second-order valence-electron chi connectivity index (χ2n) is 9.44. The van der Waals surface area contributed by atoms with Crippen molar-refractivity contribution in [2.75, 3.05) is 32.2 Å². The average molecular weight is 465 g/mol. The molecule has 1 unspecified atom stereocenters. The molecule has 2 aliphatic heterocycles. The third-order valence-electron chi connectivity index (χ3n) is 6.05. The number of methoxy groups -OCH3 is 1. The highest BCUT2D eigenvalue weighted by atomic mass is 16.5. The van der Waals surface area contributed by atoms with Crippen molar-refractivity contribution in [2.24, 2.45) is 5.41 Å². The van der Waals surface area contributed by atoms with E-state index < -0.39 is 6.04 Å². The molecule has 0 spiro atoms. The summed E-state index contributed by atoms with van der Waals surface area (Å²) in [7, 11) is 1.62. The van der Waals surface area contributed by atoms with Crippen LogP contribution in [0.25, 0.3) is 5.57 Å². The van der Waals surface area contributed by atoms with E-state index in [4.69, 9.17) is 14.2 Å². The summed E-state index contributed by atoms with van der Waals surface area (Å²) in [4.78, 5) is 26.8. The molecular weight excluding hydrogens is 432 g/mol. The summed E-state index contributed by atoms with van der Waals surface area (Å²) in [6, 6.07) is 10.8. The third-order valence-corrected chi connectivity index (χ3v) is 6.05. The van der Waals surface area contributed by atoms with Crippen LogP contribution in [0.5, 0.6) is 11.5 Å². The number of benzene rings is 2. The number of amides is 1. The fourth-order valence-electron chi connectivity index (χ4n) is 4.71. The lowest BCUT2D eigenvalue weighted by molar-refractivity contribution is -0.150. The van der Waals surface area contributed by atoms with Gasteiger partial charge < -0.3 is 19.5 Å². The van der Waals surface area contributed by atoms with Gasteiger partial charge in [-0.25, -0.2) is 4.79 Å². The van der Waals surface area contributed by atoms with Crippen molar-refractivity contribution in [2.45, 2.75) is 40.3 Å². The summed E-state index contributed by atoms with van der Waals surface area (Å²) >= 11 is 0. The van der Waals surface area contributed by atoms with Crippen LogP contribution in [0, 0.1) is 5.41 Å². The molecule has 0 bridgehead atoms. The Morgan fingerprint density at radius 1 is 1.18 bits per heavy atom. The number of ether oxygens (including phenoxy) is 3. The number of hydrogen-bond acceptors (Lipinski definition) is 6. The van der Waals surface area contributed by atoms with Crippen LogP contribution in [0.15, 0.2) is 42.5 Å². The van der Waals surface area contributed by atoms with Crippen LogP contribution >= 0.6 is 0 Å². The number of esters is 1. The number of nitrogens with zero attached hydrogens (tertiary/aromatic N) is 1. The van der Waals surface area contributed by atoms with E-state index in [1.165, 1.54) is 6.92 Å². The van der Waals surface area contributed by atoms with Gasteiger partial charge in [-0.2, -0.15) is 0 Å². The van der Waals surface area contributed by atoms with Crippen LogP contribution in [0.3, 0.4) is 0 Å². The molecule has 1 amide bonds. The molecule has 0 radical (unpaired) electrons. The van der Waals surface area contributed by atoms with E-state index in [2.05, 4.69) is 30.1 Å². The molecule has 1 N–H and O–H groups in total. The maximum absolute atomic E-state index is 13.3. The Morgan fingerprint density at radius 3 is 2.56 bits per heavy atom. The van der Waals surface area contributed by atoms with Gasteiger partial charge in [-0.05, 0) is 42.3 Å². The number of carbonyl (C=O) groups excluding carboxylic acids is 2. The first-order chi connectivity index (χ1) is 16.2. The van der Waals surface area contributed by atoms with Gasteiger partial charge in [-0.15, -0.1) is 0 Å². The maximum Gasteiger partial charge on any atom is 0.328 e. The first-order valence-electron chi connectivity index (χ1n) is 11.6. The quantitative estimate of drug-likeness (QED) is 0.631. The number of nitrogens with one attached hydrogen (secondary N) is 1. The van der Waals surface area contributed by atoms with Gasteiger partial charge in [-0.3, -0.25) is 9.69 Å². The van der Waals surface area contributed by atoms with E-state index in [1.54, 1.807) is 7.11 Å². The summed E-state index contributed by atoms with van der Waals surface area (Å²) in [6.45, 7) is 9.51. The molecule has 2 heterocycles. The highest BCUT2D eigenvalue weighted by Gasteiger charge is 2.41. The second kappa shape index (κ2) is 9.50. The summed E-state index contributed by atoms with van der Waals surface area (Å²) in [5.74, 6) is 0.973. The Kier molecular flexibility index (Phi) is 6.66. The van der Waals surface area contributed by atoms with Gasteiger partial charge in [0.1, 0.15) is 17.5 Å². The molecule has 4 rings (SSSR count). The molecule has 2 aromatic carbocycles. The molecule has 7 nitrogen and oxygen atoms in total. The lowest BCUT2D eigenvalue weighted by Gasteiger charge is -2.38. The SMILES string of the molecule is CCOC(=O)C1c2c(OC)ccc3c2C(=CC(C)(C)CO3)CN1Cc1ccc(NC(C)=O)cc1. The van der Waals surface area contributed by atoms with Crippen LogP contribution in [0.1, 0.15) is 50.4 Å². The van der Waals surface area contributed by atoms with Crippen LogP contribution in [-0.4, -0.2) is 43.6 Å². The Hall–Kier alpha value is -3.32. The molecule has 180 valence electrons. The van der Waals surface area contributed by atoms with Crippen LogP contribution < -0.4 is 14.8 Å². The normalized spacial score (nSPS) is 18.6. The van der Waals surface area contributed by atoms with Crippen LogP contribution in [0.4, 0.5) is 5.69 Å². The summed E-state index contributed by atoms with van der Waals surface area (Å²) < 4.78 is 17.4. The Labute approximate surface area is 200 Å². The lowest BCUT2D eigenvalue weighted by Crippen LogP contribution is -2.40. The monoisotopic (exact) mass is 464 g/mol. The molecule has 7 heteroatoms. The maximum atomic E-state index is 13.3. The highest BCUT2D eigenvalue weighted by Crippen LogP contribution is 2.48. The van der Waals surface area contributed by atoms with Crippen molar-refractivity contribution >= 4 is 23.1 Å². The predicted octanol–water partition coefficient (Wildman–Crippen LogP) is 4.58. The van der Waals surface area contributed by atoms with Crippen molar-refractivity contribution in [1.82, 2.24) is 4.90 Å². The number of anilines is 1. The molecule has 0 saturated carbocycles. The third kappa shape index (κ3) is 4.80. The predicted molar refractivity (Wildman–Crippen MR) is 131 cm³/mol. The summed E-state index contributed by atoms with van der Waals surface area (Å²) in [5.41, 5.74) is 4.41. The van der Waals surface area contributed by atoms with Crippen molar-refractivity contribution < 1.29 is 23.8 Å². The average Bonchev–Trinajstić information content (AvgIpc) is 2.91. The molecule has 0 aromatic heterocycles. The molecule has 1 atom stereocenters. The molecule has 0 saturated heterocycles. The first kappa shape index (κ1) is 23.8. The number of rotatable bonds is 6. The summed E-state index contributed by atoms with van der Waals surface area (Å²) in [5, 5.41) is 2.79. The largest absolute Gasteiger partial charge is 0.496 e. The molecular formula is C27H32N2O5. The minimum absolute atomic E-state index is 0.115. The fraction of sp³-hybridized carbons (Fsp3) is 0.407. The minimum Gasteiger partial charge on any atom is -0.496 e. The number of hydrogen-bond donors (Lipinski definition) is 1. The standard InChI is InChI=1S/C27H32N2O5/c1-6-33-26(31)25-24-21(32-5)11-12-22-23(24)19(13-27(3,4)16-34-22)15-29(25)14-18-7-9-20(10-8-18)28-17(2)30/h7-13,25H,6,14-16H2,1-5H3,(H,28,30). The lowest BCUT2D eigenvalue weighted by atomic mass is 9.83.